The Morgan fingerprint density at radius 1 is 1.30 bits per heavy atom. The van der Waals surface area contributed by atoms with Crippen molar-refractivity contribution in [3.05, 3.63) is 39.8 Å². The highest BCUT2D eigenvalue weighted by molar-refractivity contribution is 6.38. The van der Waals surface area contributed by atoms with Gasteiger partial charge in [0.25, 0.3) is 0 Å². The number of aromatic nitrogens is 1. The van der Waals surface area contributed by atoms with Gasteiger partial charge in [0, 0.05) is 12.1 Å². The van der Waals surface area contributed by atoms with Gasteiger partial charge in [-0.2, -0.15) is 9.37 Å². The van der Waals surface area contributed by atoms with Gasteiger partial charge in [0.2, 0.25) is 5.95 Å². The van der Waals surface area contributed by atoms with Crippen molar-refractivity contribution in [3.8, 4) is 17.2 Å². The van der Waals surface area contributed by atoms with E-state index in [0.29, 0.717) is 17.9 Å². The summed E-state index contributed by atoms with van der Waals surface area (Å²) >= 11 is 12.1. The van der Waals surface area contributed by atoms with E-state index in [1.54, 1.807) is 12.1 Å². The zero-order chi connectivity index (χ0) is 17.1. The number of aromatic hydroxyl groups is 1. The number of halogens is 3. The van der Waals surface area contributed by atoms with Crippen molar-refractivity contribution >= 4 is 29.0 Å². The fraction of sp³-hybridized carbons (Fsp3) is 0.312. The van der Waals surface area contributed by atoms with Crippen LogP contribution in [0.1, 0.15) is 32.3 Å². The second-order valence-corrected chi connectivity index (χ2v) is 5.97. The maximum absolute atomic E-state index is 13.9. The average molecular weight is 359 g/mol. The summed E-state index contributed by atoms with van der Waals surface area (Å²) in [4.78, 5) is 3.66. The Morgan fingerprint density at radius 2 is 2.00 bits per heavy atom. The molecule has 2 aromatic rings. The molecule has 0 aliphatic heterocycles. The number of pyridine rings is 1. The Hall–Kier alpha value is -1.72. The lowest BCUT2D eigenvalue weighted by atomic mass is 10.0. The molecule has 23 heavy (non-hydrogen) atoms. The highest BCUT2D eigenvalue weighted by Gasteiger charge is 2.20. The third-order valence-electron chi connectivity index (χ3n) is 3.18. The van der Waals surface area contributed by atoms with E-state index in [1.165, 1.54) is 6.07 Å². The first-order chi connectivity index (χ1) is 10.8. The van der Waals surface area contributed by atoms with Crippen LogP contribution in [-0.4, -0.2) is 16.6 Å². The summed E-state index contributed by atoms with van der Waals surface area (Å²) in [6.45, 7) is 6.23. The molecule has 0 saturated carbocycles. The number of hydrogen-bond donors (Lipinski definition) is 2. The van der Waals surface area contributed by atoms with Gasteiger partial charge in [-0.05, 0) is 31.0 Å². The van der Waals surface area contributed by atoms with Gasteiger partial charge < -0.3 is 15.2 Å². The number of rotatable bonds is 5. The number of phenols is 1. The lowest BCUT2D eigenvalue weighted by Gasteiger charge is -2.15. The molecule has 0 aliphatic rings. The molecule has 1 aromatic heterocycles. The van der Waals surface area contributed by atoms with Gasteiger partial charge in [-0.25, -0.2) is 0 Å². The molecule has 124 valence electrons. The van der Waals surface area contributed by atoms with Crippen molar-refractivity contribution < 1.29 is 14.2 Å². The van der Waals surface area contributed by atoms with Crippen molar-refractivity contribution in [1.82, 2.24) is 4.98 Å². The summed E-state index contributed by atoms with van der Waals surface area (Å²) in [7, 11) is 0. The summed E-state index contributed by atoms with van der Waals surface area (Å²) in [5, 5.41) is 12.5. The van der Waals surface area contributed by atoms with Crippen LogP contribution in [0.2, 0.25) is 10.0 Å². The van der Waals surface area contributed by atoms with Gasteiger partial charge in [0.05, 0.1) is 0 Å². The van der Waals surface area contributed by atoms with Crippen molar-refractivity contribution in [2.75, 3.05) is 11.9 Å². The minimum absolute atomic E-state index is 0.0165. The molecule has 0 bridgehead atoms. The SMILES string of the molecule is CCNc1nc(F)c(Cl)c(Oc2ccc(O)c(C(C)C)c2)c1Cl. The molecule has 0 atom stereocenters. The van der Waals surface area contributed by atoms with Crippen LogP contribution in [0.3, 0.4) is 0 Å². The number of phenolic OH excluding ortho intramolecular Hbond substituents is 1. The first-order valence-electron chi connectivity index (χ1n) is 7.14. The molecular formula is C16H17Cl2FN2O2. The van der Waals surface area contributed by atoms with Gasteiger partial charge in [0.1, 0.15) is 21.5 Å². The Kier molecular flexibility index (Phi) is 5.55. The molecule has 7 heteroatoms. The molecule has 4 nitrogen and oxygen atoms in total. The maximum atomic E-state index is 13.9. The molecule has 1 heterocycles. The van der Waals surface area contributed by atoms with Crippen LogP contribution in [0.25, 0.3) is 0 Å². The van der Waals surface area contributed by atoms with Crippen molar-refractivity contribution in [1.29, 1.82) is 0 Å². The molecule has 2 rings (SSSR count). The average Bonchev–Trinajstić information content (AvgIpc) is 2.50. The smallest absolute Gasteiger partial charge is 0.237 e. The molecule has 0 radical (unpaired) electrons. The van der Waals surface area contributed by atoms with E-state index in [1.807, 2.05) is 20.8 Å². The quantitative estimate of drug-likeness (QED) is 0.684. The predicted molar refractivity (Wildman–Crippen MR) is 90.6 cm³/mol. The maximum Gasteiger partial charge on any atom is 0.237 e. The van der Waals surface area contributed by atoms with Gasteiger partial charge in [-0.15, -0.1) is 0 Å². The van der Waals surface area contributed by atoms with Crippen LogP contribution in [0.15, 0.2) is 18.2 Å². The number of ether oxygens (including phenoxy) is 1. The first kappa shape index (κ1) is 17.6. The van der Waals surface area contributed by atoms with Crippen LogP contribution < -0.4 is 10.1 Å². The lowest BCUT2D eigenvalue weighted by Crippen LogP contribution is -2.03. The summed E-state index contributed by atoms with van der Waals surface area (Å²) in [6, 6.07) is 4.73. The highest BCUT2D eigenvalue weighted by Crippen LogP contribution is 2.42. The van der Waals surface area contributed by atoms with E-state index in [0.717, 1.165) is 0 Å². The molecule has 2 N–H and O–H groups in total. The zero-order valence-corrected chi connectivity index (χ0v) is 14.5. The van der Waals surface area contributed by atoms with E-state index in [2.05, 4.69) is 10.3 Å². The third-order valence-corrected chi connectivity index (χ3v) is 3.86. The molecule has 0 saturated heterocycles. The van der Waals surface area contributed by atoms with E-state index in [-0.39, 0.29) is 33.3 Å². The monoisotopic (exact) mass is 358 g/mol. The van der Waals surface area contributed by atoms with Crippen LogP contribution in [0, 0.1) is 5.95 Å². The highest BCUT2D eigenvalue weighted by atomic mass is 35.5. The fourth-order valence-electron chi connectivity index (χ4n) is 2.04. The normalized spacial score (nSPS) is 10.9. The Labute approximate surface area is 144 Å². The van der Waals surface area contributed by atoms with Gasteiger partial charge >= 0.3 is 0 Å². The van der Waals surface area contributed by atoms with Gasteiger partial charge in [0.15, 0.2) is 11.6 Å². The van der Waals surface area contributed by atoms with E-state index in [4.69, 9.17) is 27.9 Å². The Balaban J connectivity index is 2.46. The molecule has 0 amide bonds. The topological polar surface area (TPSA) is 54.4 Å². The molecule has 0 unspecified atom stereocenters. The first-order valence-corrected chi connectivity index (χ1v) is 7.89. The predicted octanol–water partition coefficient (Wildman–Crippen LogP) is 5.58. The van der Waals surface area contributed by atoms with Crippen LogP contribution >= 0.6 is 23.2 Å². The number of nitrogens with one attached hydrogen (secondary N) is 1. The minimum atomic E-state index is -0.870. The molecule has 1 aromatic carbocycles. The molecular weight excluding hydrogens is 342 g/mol. The Bertz CT molecular complexity index is 724. The molecule has 0 fully saturated rings. The number of benzene rings is 1. The minimum Gasteiger partial charge on any atom is -0.508 e. The second kappa shape index (κ2) is 7.23. The fourth-order valence-corrected chi connectivity index (χ4v) is 2.51. The van der Waals surface area contributed by atoms with Crippen LogP contribution in [0.5, 0.6) is 17.2 Å². The van der Waals surface area contributed by atoms with E-state index in [9.17, 15) is 9.50 Å². The Morgan fingerprint density at radius 3 is 2.61 bits per heavy atom. The second-order valence-electron chi connectivity index (χ2n) is 5.22. The van der Waals surface area contributed by atoms with Crippen molar-refractivity contribution in [3.63, 3.8) is 0 Å². The van der Waals surface area contributed by atoms with Gasteiger partial charge in [-0.1, -0.05) is 37.0 Å². The van der Waals surface area contributed by atoms with Crippen LogP contribution in [-0.2, 0) is 0 Å². The van der Waals surface area contributed by atoms with Crippen molar-refractivity contribution in [2.24, 2.45) is 0 Å². The largest absolute Gasteiger partial charge is 0.508 e. The van der Waals surface area contributed by atoms with Crippen LogP contribution in [0.4, 0.5) is 10.2 Å². The van der Waals surface area contributed by atoms with E-state index >= 15 is 0 Å². The number of anilines is 1. The van der Waals surface area contributed by atoms with E-state index < -0.39 is 5.95 Å². The zero-order valence-electron chi connectivity index (χ0n) is 13.0. The number of nitrogens with zero attached hydrogens (tertiary/aromatic N) is 1. The standard InChI is InChI=1S/C16H17Cl2FN2O2/c1-4-20-16-13(18)14(12(17)15(19)21-16)23-9-5-6-11(22)10(7-9)8(2)3/h5-8,22H,4H2,1-3H3,(H,20,21). The summed E-state index contributed by atoms with van der Waals surface area (Å²) in [5.74, 6) is -0.0749. The summed E-state index contributed by atoms with van der Waals surface area (Å²) in [5.41, 5.74) is 0.705. The number of hydrogen-bond acceptors (Lipinski definition) is 4. The summed E-state index contributed by atoms with van der Waals surface area (Å²) < 4.78 is 19.5. The van der Waals surface area contributed by atoms with Crippen molar-refractivity contribution in [2.45, 2.75) is 26.7 Å². The summed E-state index contributed by atoms with van der Waals surface area (Å²) in [6.07, 6.45) is 0. The molecule has 0 aliphatic carbocycles. The van der Waals surface area contributed by atoms with Gasteiger partial charge in [-0.3, -0.25) is 0 Å². The third kappa shape index (κ3) is 3.79. The lowest BCUT2D eigenvalue weighted by molar-refractivity contribution is 0.452. The molecule has 0 spiro atoms.